The van der Waals surface area contributed by atoms with Crippen molar-refractivity contribution >= 4 is 11.4 Å². The van der Waals surface area contributed by atoms with Gasteiger partial charge in [0.1, 0.15) is 28.6 Å². The van der Waals surface area contributed by atoms with Crippen molar-refractivity contribution in [2.45, 2.75) is 12.4 Å². The Labute approximate surface area is 187 Å². The molecule has 0 aliphatic rings. The van der Waals surface area contributed by atoms with Crippen LogP contribution in [0.3, 0.4) is 0 Å². The van der Waals surface area contributed by atoms with Gasteiger partial charge in [-0.2, -0.15) is 30.7 Å². The zero-order valence-electron chi connectivity index (χ0n) is 16.5. The van der Waals surface area contributed by atoms with E-state index in [-0.39, 0.29) is 0 Å². The summed E-state index contributed by atoms with van der Waals surface area (Å²) in [7, 11) is 0. The molecule has 0 amide bonds. The smallest absolute Gasteiger partial charge is 0.420 e. The standard InChI is InChI=1S/C20H9F11N2O2/c21-7-1-3-9(13(23)16(7)32)34-11-5-6(19(26,27)28)12(20(29,30)31)18(15(11)25)35-10-4-2-8(22)17(33)14(10)24/h1-5H,32-33H2. The number of nitrogen functional groups attached to an aromatic ring is 2. The minimum Gasteiger partial charge on any atom is -0.451 e. The molecule has 4 nitrogen and oxygen atoms in total. The van der Waals surface area contributed by atoms with Crippen LogP contribution in [0.25, 0.3) is 0 Å². The molecule has 0 aliphatic carbocycles. The maximum absolute atomic E-state index is 15.1. The number of rotatable bonds is 4. The monoisotopic (exact) mass is 518 g/mol. The molecule has 0 radical (unpaired) electrons. The summed E-state index contributed by atoms with van der Waals surface area (Å²) >= 11 is 0. The molecular formula is C20H9F11N2O2. The van der Waals surface area contributed by atoms with E-state index in [1.807, 2.05) is 0 Å². The first-order chi connectivity index (χ1) is 16.0. The van der Waals surface area contributed by atoms with Gasteiger partial charge in [-0.25, -0.2) is 17.6 Å². The van der Waals surface area contributed by atoms with Crippen molar-refractivity contribution in [3.63, 3.8) is 0 Å². The first-order valence-electron chi connectivity index (χ1n) is 8.87. The summed E-state index contributed by atoms with van der Waals surface area (Å²) in [6, 6.07) is 1.21. The molecule has 0 heterocycles. The summed E-state index contributed by atoms with van der Waals surface area (Å²) in [5.74, 6) is -15.1. The number of benzene rings is 3. The molecule has 0 spiro atoms. The molecule has 0 unspecified atom stereocenters. The van der Waals surface area contributed by atoms with Crippen molar-refractivity contribution in [1.82, 2.24) is 0 Å². The van der Waals surface area contributed by atoms with Crippen LogP contribution < -0.4 is 20.9 Å². The van der Waals surface area contributed by atoms with Crippen LogP contribution >= 0.6 is 0 Å². The normalized spacial score (nSPS) is 12.1. The molecule has 4 N–H and O–H groups in total. The van der Waals surface area contributed by atoms with Crippen LogP contribution in [-0.4, -0.2) is 0 Å². The average Bonchev–Trinajstić information content (AvgIpc) is 2.75. The minimum absolute atomic E-state index is 0.335. The molecule has 0 atom stereocenters. The molecule has 188 valence electrons. The van der Waals surface area contributed by atoms with Crippen LogP contribution in [0.2, 0.25) is 0 Å². The van der Waals surface area contributed by atoms with Gasteiger partial charge in [-0.15, -0.1) is 0 Å². The van der Waals surface area contributed by atoms with Crippen LogP contribution in [0.1, 0.15) is 11.1 Å². The topological polar surface area (TPSA) is 70.5 Å². The Balaban J connectivity index is 2.32. The maximum Gasteiger partial charge on any atom is 0.420 e. The highest BCUT2D eigenvalue weighted by molar-refractivity contribution is 5.56. The summed E-state index contributed by atoms with van der Waals surface area (Å²) in [5, 5.41) is 0. The van der Waals surface area contributed by atoms with Gasteiger partial charge in [0.2, 0.25) is 5.82 Å². The van der Waals surface area contributed by atoms with Gasteiger partial charge in [-0.05, 0) is 30.3 Å². The number of hydrogen-bond donors (Lipinski definition) is 2. The summed E-state index contributed by atoms with van der Waals surface area (Å²) in [6.45, 7) is 0. The zero-order valence-corrected chi connectivity index (χ0v) is 16.5. The number of nitrogens with two attached hydrogens (primary N) is 2. The third-order valence-corrected chi connectivity index (χ3v) is 4.39. The highest BCUT2D eigenvalue weighted by Crippen LogP contribution is 2.50. The van der Waals surface area contributed by atoms with Crippen molar-refractivity contribution in [1.29, 1.82) is 0 Å². The van der Waals surface area contributed by atoms with E-state index in [0.29, 0.717) is 24.3 Å². The summed E-state index contributed by atoms with van der Waals surface area (Å²) < 4.78 is 160. The van der Waals surface area contributed by atoms with Crippen LogP contribution in [0, 0.1) is 29.1 Å². The summed E-state index contributed by atoms with van der Waals surface area (Å²) in [4.78, 5) is 0. The predicted octanol–water partition coefficient (Wildman–Crippen LogP) is 7.17. The number of hydrogen-bond acceptors (Lipinski definition) is 4. The van der Waals surface area contributed by atoms with Crippen LogP contribution in [0.5, 0.6) is 23.0 Å². The van der Waals surface area contributed by atoms with Crippen LogP contribution in [0.15, 0.2) is 30.3 Å². The van der Waals surface area contributed by atoms with Crippen molar-refractivity contribution < 1.29 is 57.8 Å². The van der Waals surface area contributed by atoms with E-state index in [1.165, 1.54) is 0 Å². The highest BCUT2D eigenvalue weighted by Gasteiger charge is 2.48. The zero-order chi connectivity index (χ0) is 26.5. The fraction of sp³-hybridized carbons (Fsp3) is 0.100. The minimum atomic E-state index is -5.94. The Morgan fingerprint density at radius 2 is 1.03 bits per heavy atom. The second-order valence-electron chi connectivity index (χ2n) is 6.69. The predicted molar refractivity (Wildman–Crippen MR) is 98.1 cm³/mol. The quantitative estimate of drug-likeness (QED) is 0.284. The lowest BCUT2D eigenvalue weighted by atomic mass is 10.0. The summed E-state index contributed by atoms with van der Waals surface area (Å²) in [5.41, 5.74) is 2.32. The fourth-order valence-electron chi connectivity index (χ4n) is 2.77. The SMILES string of the molecule is Nc1c(F)ccc(Oc2cc(C(F)(F)F)c(C(F)(F)F)c(Oc3ccc(F)c(N)c3F)c2F)c1F. The van der Waals surface area contributed by atoms with Gasteiger partial charge < -0.3 is 20.9 Å². The Kier molecular flexibility index (Phi) is 6.39. The summed E-state index contributed by atoms with van der Waals surface area (Å²) in [6.07, 6.45) is -11.8. The van der Waals surface area contributed by atoms with E-state index in [0.717, 1.165) is 0 Å². The van der Waals surface area contributed by atoms with Gasteiger partial charge in [0.15, 0.2) is 34.6 Å². The number of halogens is 11. The van der Waals surface area contributed by atoms with Gasteiger partial charge in [0.25, 0.3) is 0 Å². The Morgan fingerprint density at radius 1 is 0.571 bits per heavy atom. The second kappa shape index (κ2) is 8.70. The van der Waals surface area contributed by atoms with E-state index in [9.17, 15) is 43.9 Å². The number of alkyl halides is 6. The first-order valence-corrected chi connectivity index (χ1v) is 8.87. The van der Waals surface area contributed by atoms with E-state index < -0.39 is 93.0 Å². The van der Waals surface area contributed by atoms with Crippen LogP contribution in [0.4, 0.5) is 59.7 Å². The molecule has 0 saturated carbocycles. The average molecular weight is 518 g/mol. The third kappa shape index (κ3) is 4.83. The van der Waals surface area contributed by atoms with E-state index in [4.69, 9.17) is 11.5 Å². The molecule has 35 heavy (non-hydrogen) atoms. The van der Waals surface area contributed by atoms with Crippen molar-refractivity contribution in [3.05, 3.63) is 70.5 Å². The van der Waals surface area contributed by atoms with Crippen molar-refractivity contribution in [2.24, 2.45) is 0 Å². The van der Waals surface area contributed by atoms with Crippen molar-refractivity contribution in [3.8, 4) is 23.0 Å². The molecule has 0 aliphatic heterocycles. The molecule has 0 saturated heterocycles. The largest absolute Gasteiger partial charge is 0.451 e. The third-order valence-electron chi connectivity index (χ3n) is 4.39. The van der Waals surface area contributed by atoms with Gasteiger partial charge in [-0.1, -0.05) is 0 Å². The number of ether oxygens (including phenoxy) is 2. The molecule has 3 aromatic carbocycles. The van der Waals surface area contributed by atoms with Gasteiger partial charge >= 0.3 is 12.4 Å². The van der Waals surface area contributed by atoms with Gasteiger partial charge in [-0.3, -0.25) is 0 Å². The second-order valence-corrected chi connectivity index (χ2v) is 6.69. The lowest BCUT2D eigenvalue weighted by molar-refractivity contribution is -0.163. The van der Waals surface area contributed by atoms with Gasteiger partial charge in [0, 0.05) is 0 Å². The van der Waals surface area contributed by atoms with E-state index in [1.54, 1.807) is 0 Å². The molecule has 3 rings (SSSR count). The van der Waals surface area contributed by atoms with E-state index in [2.05, 4.69) is 9.47 Å². The maximum atomic E-state index is 15.1. The highest BCUT2D eigenvalue weighted by atomic mass is 19.4. The molecule has 0 fully saturated rings. The van der Waals surface area contributed by atoms with Gasteiger partial charge in [0.05, 0.1) is 5.56 Å². The molecule has 0 aromatic heterocycles. The Bertz CT molecular complexity index is 1300. The first kappa shape index (κ1) is 25.7. The molecule has 0 bridgehead atoms. The molecule has 15 heteroatoms. The van der Waals surface area contributed by atoms with E-state index >= 15 is 4.39 Å². The van der Waals surface area contributed by atoms with Crippen molar-refractivity contribution in [2.75, 3.05) is 11.5 Å². The number of anilines is 2. The fourth-order valence-corrected chi connectivity index (χ4v) is 2.77. The Morgan fingerprint density at radius 3 is 1.46 bits per heavy atom. The van der Waals surface area contributed by atoms with Crippen LogP contribution in [-0.2, 0) is 12.4 Å². The Hall–Kier alpha value is -3.91. The lowest BCUT2D eigenvalue weighted by Gasteiger charge is -2.22. The molecule has 3 aromatic rings. The lowest BCUT2D eigenvalue weighted by Crippen LogP contribution is -2.19. The molecular weight excluding hydrogens is 509 g/mol.